The van der Waals surface area contributed by atoms with Crippen molar-refractivity contribution in [3.63, 3.8) is 0 Å². The lowest BCUT2D eigenvalue weighted by atomic mass is 10.1. The standard InChI is InChI=1S/C17H23N3O3S/c1-10(2)7-12(18)17-20-13(9-24-17)16(21)19-11-5-6-14(22-3)15(8-11)23-4/h5-6,8-10,12H,7,18H2,1-4H3,(H,19,21). The summed E-state index contributed by atoms with van der Waals surface area (Å²) in [5.74, 6) is 1.36. The summed E-state index contributed by atoms with van der Waals surface area (Å²) in [5, 5.41) is 5.31. The predicted molar refractivity (Wildman–Crippen MR) is 96.0 cm³/mol. The Bertz CT molecular complexity index is 700. The number of hydrogen-bond acceptors (Lipinski definition) is 6. The predicted octanol–water partition coefficient (Wildman–Crippen LogP) is 3.46. The molecular formula is C17H23N3O3S. The van der Waals surface area contributed by atoms with Crippen LogP contribution in [0.3, 0.4) is 0 Å². The van der Waals surface area contributed by atoms with Gasteiger partial charge in [-0.2, -0.15) is 0 Å². The molecular weight excluding hydrogens is 326 g/mol. The second-order valence-electron chi connectivity index (χ2n) is 5.83. The van der Waals surface area contributed by atoms with Gasteiger partial charge in [-0.1, -0.05) is 13.8 Å². The first kappa shape index (κ1) is 18.2. The topological polar surface area (TPSA) is 86.5 Å². The maximum Gasteiger partial charge on any atom is 0.275 e. The van der Waals surface area contributed by atoms with Crippen molar-refractivity contribution in [2.45, 2.75) is 26.3 Å². The number of nitrogens with two attached hydrogens (primary N) is 1. The average Bonchev–Trinajstić information content (AvgIpc) is 3.04. The van der Waals surface area contributed by atoms with Gasteiger partial charge < -0.3 is 20.5 Å². The Morgan fingerprint density at radius 1 is 1.29 bits per heavy atom. The summed E-state index contributed by atoms with van der Waals surface area (Å²) >= 11 is 1.41. The van der Waals surface area contributed by atoms with Crippen molar-refractivity contribution in [1.82, 2.24) is 4.98 Å². The van der Waals surface area contributed by atoms with E-state index < -0.39 is 0 Å². The van der Waals surface area contributed by atoms with E-state index in [4.69, 9.17) is 15.2 Å². The summed E-state index contributed by atoms with van der Waals surface area (Å²) in [6, 6.07) is 5.04. The van der Waals surface area contributed by atoms with Gasteiger partial charge in [0.05, 0.1) is 20.3 Å². The van der Waals surface area contributed by atoms with Gasteiger partial charge in [0.25, 0.3) is 5.91 Å². The SMILES string of the molecule is COc1ccc(NC(=O)c2csc(C(N)CC(C)C)n2)cc1OC. The van der Waals surface area contributed by atoms with Crippen LogP contribution < -0.4 is 20.5 Å². The van der Waals surface area contributed by atoms with Gasteiger partial charge in [-0.15, -0.1) is 11.3 Å². The minimum Gasteiger partial charge on any atom is -0.493 e. The van der Waals surface area contributed by atoms with Gasteiger partial charge in [0.15, 0.2) is 11.5 Å². The van der Waals surface area contributed by atoms with Crippen molar-refractivity contribution in [3.05, 3.63) is 34.3 Å². The largest absolute Gasteiger partial charge is 0.493 e. The molecule has 6 nitrogen and oxygen atoms in total. The molecule has 0 spiro atoms. The molecule has 1 unspecified atom stereocenters. The van der Waals surface area contributed by atoms with Gasteiger partial charge in [0.2, 0.25) is 0 Å². The van der Waals surface area contributed by atoms with Gasteiger partial charge in [-0.25, -0.2) is 4.98 Å². The molecule has 0 fully saturated rings. The third kappa shape index (κ3) is 4.46. The van der Waals surface area contributed by atoms with Crippen LogP contribution in [0.5, 0.6) is 11.5 Å². The summed E-state index contributed by atoms with van der Waals surface area (Å²) < 4.78 is 10.4. The fourth-order valence-corrected chi connectivity index (χ4v) is 3.09. The molecule has 0 radical (unpaired) electrons. The monoisotopic (exact) mass is 349 g/mol. The van der Waals surface area contributed by atoms with Crippen LogP contribution in [-0.4, -0.2) is 25.1 Å². The Balaban J connectivity index is 2.09. The van der Waals surface area contributed by atoms with E-state index in [0.29, 0.717) is 28.8 Å². The molecule has 1 heterocycles. The van der Waals surface area contributed by atoms with Gasteiger partial charge in [-0.3, -0.25) is 4.79 Å². The third-order valence-corrected chi connectivity index (χ3v) is 4.42. The van der Waals surface area contributed by atoms with Gasteiger partial charge >= 0.3 is 0 Å². The number of hydrogen-bond donors (Lipinski definition) is 2. The fourth-order valence-electron chi connectivity index (χ4n) is 2.28. The summed E-state index contributed by atoms with van der Waals surface area (Å²) in [6.07, 6.45) is 0.838. The molecule has 1 amide bonds. The molecule has 1 aromatic carbocycles. The van der Waals surface area contributed by atoms with Gasteiger partial charge in [0.1, 0.15) is 10.7 Å². The minimum absolute atomic E-state index is 0.141. The lowest BCUT2D eigenvalue weighted by molar-refractivity contribution is 0.102. The maximum absolute atomic E-state index is 12.3. The van der Waals surface area contributed by atoms with E-state index in [1.165, 1.54) is 11.3 Å². The van der Waals surface area contributed by atoms with Crippen LogP contribution in [0.2, 0.25) is 0 Å². The van der Waals surface area contributed by atoms with Crippen molar-refractivity contribution >= 4 is 22.9 Å². The number of aromatic nitrogens is 1. The molecule has 130 valence electrons. The molecule has 3 N–H and O–H groups in total. The molecule has 2 rings (SSSR count). The average molecular weight is 349 g/mol. The molecule has 0 bridgehead atoms. The van der Waals surface area contributed by atoms with Crippen LogP contribution in [0.4, 0.5) is 5.69 Å². The smallest absolute Gasteiger partial charge is 0.275 e. The van der Waals surface area contributed by atoms with Gasteiger partial charge in [-0.05, 0) is 24.5 Å². The second-order valence-corrected chi connectivity index (χ2v) is 6.72. The van der Waals surface area contributed by atoms with Crippen LogP contribution >= 0.6 is 11.3 Å². The normalized spacial score (nSPS) is 12.1. The fraction of sp³-hybridized carbons (Fsp3) is 0.412. The molecule has 0 aliphatic heterocycles. The van der Waals surface area contributed by atoms with Crippen molar-refractivity contribution in [2.24, 2.45) is 11.7 Å². The molecule has 1 atom stereocenters. The molecule has 24 heavy (non-hydrogen) atoms. The maximum atomic E-state index is 12.3. The number of amides is 1. The molecule has 1 aromatic heterocycles. The lowest BCUT2D eigenvalue weighted by Crippen LogP contribution is -2.15. The highest BCUT2D eigenvalue weighted by atomic mass is 32.1. The number of rotatable bonds is 7. The van der Waals surface area contributed by atoms with Crippen LogP contribution in [0.15, 0.2) is 23.6 Å². The number of nitrogens with zero attached hydrogens (tertiary/aromatic N) is 1. The lowest BCUT2D eigenvalue weighted by Gasteiger charge is -2.11. The number of anilines is 1. The number of methoxy groups -OCH3 is 2. The first-order chi connectivity index (χ1) is 11.4. The van der Waals surface area contributed by atoms with Crippen molar-refractivity contribution in [2.75, 3.05) is 19.5 Å². The Kier molecular flexibility index (Phi) is 6.16. The zero-order valence-corrected chi connectivity index (χ0v) is 15.1. The number of nitrogens with one attached hydrogen (secondary N) is 1. The number of carbonyl (C=O) groups is 1. The number of benzene rings is 1. The highest BCUT2D eigenvalue weighted by Crippen LogP contribution is 2.30. The Hall–Kier alpha value is -2.12. The van der Waals surface area contributed by atoms with E-state index in [0.717, 1.165) is 11.4 Å². The van der Waals surface area contributed by atoms with Crippen molar-refractivity contribution < 1.29 is 14.3 Å². The number of ether oxygens (including phenoxy) is 2. The molecule has 2 aromatic rings. The van der Waals surface area contributed by atoms with Crippen LogP contribution in [0.25, 0.3) is 0 Å². The van der Waals surface area contributed by atoms with Crippen molar-refractivity contribution in [1.29, 1.82) is 0 Å². The van der Waals surface area contributed by atoms with E-state index in [1.807, 2.05) is 0 Å². The van der Waals surface area contributed by atoms with E-state index in [9.17, 15) is 4.79 Å². The molecule has 0 aliphatic rings. The molecule has 0 saturated heterocycles. The minimum atomic E-state index is -0.276. The van der Waals surface area contributed by atoms with E-state index in [2.05, 4.69) is 24.1 Å². The van der Waals surface area contributed by atoms with E-state index in [-0.39, 0.29) is 11.9 Å². The quantitative estimate of drug-likeness (QED) is 0.799. The summed E-state index contributed by atoms with van der Waals surface area (Å²) in [7, 11) is 3.11. The third-order valence-electron chi connectivity index (χ3n) is 3.44. The number of carbonyl (C=O) groups excluding carboxylic acids is 1. The first-order valence-corrected chi connectivity index (χ1v) is 8.57. The Labute approximate surface area is 146 Å². The Morgan fingerprint density at radius 3 is 2.62 bits per heavy atom. The summed E-state index contributed by atoms with van der Waals surface area (Å²) in [4.78, 5) is 16.7. The molecule has 0 saturated carbocycles. The highest BCUT2D eigenvalue weighted by molar-refractivity contribution is 7.09. The van der Waals surface area contributed by atoms with E-state index in [1.54, 1.807) is 37.8 Å². The van der Waals surface area contributed by atoms with Crippen LogP contribution in [-0.2, 0) is 0 Å². The van der Waals surface area contributed by atoms with Crippen LogP contribution in [0, 0.1) is 5.92 Å². The van der Waals surface area contributed by atoms with E-state index >= 15 is 0 Å². The zero-order valence-electron chi connectivity index (χ0n) is 14.3. The van der Waals surface area contributed by atoms with Gasteiger partial charge in [0, 0.05) is 17.1 Å². The highest BCUT2D eigenvalue weighted by Gasteiger charge is 2.17. The zero-order chi connectivity index (χ0) is 17.7. The summed E-state index contributed by atoms with van der Waals surface area (Å²) in [5.41, 5.74) is 7.09. The van der Waals surface area contributed by atoms with Crippen LogP contribution in [0.1, 0.15) is 41.8 Å². The molecule has 0 aliphatic carbocycles. The second kappa shape index (κ2) is 8.12. The Morgan fingerprint density at radius 2 is 2.00 bits per heavy atom. The summed E-state index contributed by atoms with van der Waals surface area (Å²) in [6.45, 7) is 4.22. The number of thiazole rings is 1. The molecule has 7 heteroatoms. The van der Waals surface area contributed by atoms with Crippen molar-refractivity contribution in [3.8, 4) is 11.5 Å². The first-order valence-electron chi connectivity index (χ1n) is 7.69.